The summed E-state index contributed by atoms with van der Waals surface area (Å²) in [7, 11) is 1.78. The molecule has 0 aliphatic carbocycles. The molecule has 1 heterocycles. The highest BCUT2D eigenvalue weighted by Crippen LogP contribution is 2.20. The van der Waals surface area contributed by atoms with Crippen LogP contribution in [0.15, 0.2) is 47.6 Å². The molecule has 6 nitrogen and oxygen atoms in total. The van der Waals surface area contributed by atoms with Gasteiger partial charge in [0.25, 0.3) is 0 Å². The van der Waals surface area contributed by atoms with Gasteiger partial charge in [-0.05, 0) is 39.8 Å². The lowest BCUT2D eigenvalue weighted by molar-refractivity contribution is -0.121. The standard InChI is InChI=1S/C17H19N5OS/c1-12(14-8-7-13-5-3-4-6-15(13)11-14)18-16(23)9-10-24-17-19-20-21-22(17)2/h3-8,11-12H,9-10H2,1-2H3,(H,18,23)/t12-/m0/s1. The van der Waals surface area contributed by atoms with Crippen molar-refractivity contribution in [2.45, 2.75) is 24.5 Å². The van der Waals surface area contributed by atoms with Crippen molar-refractivity contribution < 1.29 is 4.79 Å². The van der Waals surface area contributed by atoms with E-state index in [9.17, 15) is 4.79 Å². The summed E-state index contributed by atoms with van der Waals surface area (Å²) < 4.78 is 1.60. The van der Waals surface area contributed by atoms with Gasteiger partial charge in [-0.1, -0.05) is 48.2 Å². The quantitative estimate of drug-likeness (QED) is 0.698. The summed E-state index contributed by atoms with van der Waals surface area (Å²) in [5.74, 6) is 0.670. The van der Waals surface area contributed by atoms with Gasteiger partial charge in [-0.15, -0.1) is 5.10 Å². The molecule has 1 aromatic heterocycles. The van der Waals surface area contributed by atoms with Crippen LogP contribution in [-0.4, -0.2) is 31.9 Å². The third-order valence-corrected chi connectivity index (χ3v) is 4.80. The second-order valence-electron chi connectivity index (χ2n) is 5.58. The van der Waals surface area contributed by atoms with E-state index in [1.54, 1.807) is 11.7 Å². The molecule has 3 rings (SSSR count). The summed E-state index contributed by atoms with van der Waals surface area (Å²) in [6.07, 6.45) is 0.426. The number of nitrogens with zero attached hydrogens (tertiary/aromatic N) is 4. The molecule has 124 valence electrons. The summed E-state index contributed by atoms with van der Waals surface area (Å²) in [5, 5.41) is 17.4. The van der Waals surface area contributed by atoms with E-state index in [2.05, 4.69) is 51.2 Å². The van der Waals surface area contributed by atoms with E-state index in [0.29, 0.717) is 17.3 Å². The van der Waals surface area contributed by atoms with Gasteiger partial charge in [0.05, 0.1) is 6.04 Å². The first-order valence-electron chi connectivity index (χ1n) is 7.76. The molecule has 0 aliphatic rings. The number of thioether (sulfide) groups is 1. The SMILES string of the molecule is C[C@H](NC(=O)CCSc1nnnn1C)c1ccc2ccccc2c1. The van der Waals surface area contributed by atoms with Crippen molar-refractivity contribution in [2.24, 2.45) is 7.05 Å². The van der Waals surface area contributed by atoms with Gasteiger partial charge >= 0.3 is 0 Å². The minimum Gasteiger partial charge on any atom is -0.350 e. The number of tetrazole rings is 1. The normalized spacial score (nSPS) is 12.2. The number of carbonyl (C=O) groups is 1. The number of rotatable bonds is 6. The van der Waals surface area contributed by atoms with E-state index < -0.39 is 0 Å². The molecule has 7 heteroatoms. The molecule has 0 unspecified atom stereocenters. The first-order valence-corrected chi connectivity index (χ1v) is 8.75. The molecule has 1 atom stereocenters. The van der Waals surface area contributed by atoms with E-state index in [-0.39, 0.29) is 11.9 Å². The lowest BCUT2D eigenvalue weighted by Crippen LogP contribution is -2.26. The lowest BCUT2D eigenvalue weighted by atomic mass is 10.0. The molecule has 24 heavy (non-hydrogen) atoms. The van der Waals surface area contributed by atoms with E-state index in [1.807, 2.05) is 19.1 Å². The summed E-state index contributed by atoms with van der Waals surface area (Å²) in [6, 6.07) is 14.5. The number of hydrogen-bond acceptors (Lipinski definition) is 5. The van der Waals surface area contributed by atoms with Crippen molar-refractivity contribution in [3.8, 4) is 0 Å². The van der Waals surface area contributed by atoms with Gasteiger partial charge in [0.2, 0.25) is 11.1 Å². The smallest absolute Gasteiger partial charge is 0.221 e. The summed E-state index contributed by atoms with van der Waals surface area (Å²) >= 11 is 1.47. The molecular weight excluding hydrogens is 322 g/mol. The number of nitrogens with one attached hydrogen (secondary N) is 1. The maximum atomic E-state index is 12.1. The average Bonchev–Trinajstić information content (AvgIpc) is 2.99. The Kier molecular flexibility index (Phi) is 5.10. The predicted octanol–water partition coefficient (Wildman–Crippen LogP) is 2.72. The highest BCUT2D eigenvalue weighted by Gasteiger charge is 2.11. The topological polar surface area (TPSA) is 72.7 Å². The Morgan fingerprint density at radius 3 is 2.79 bits per heavy atom. The van der Waals surface area contributed by atoms with E-state index in [1.165, 1.54) is 22.5 Å². The zero-order valence-electron chi connectivity index (χ0n) is 13.6. The van der Waals surface area contributed by atoms with Crippen LogP contribution in [0, 0.1) is 0 Å². The number of carbonyl (C=O) groups excluding carboxylic acids is 1. The molecule has 0 saturated carbocycles. The van der Waals surface area contributed by atoms with Crippen LogP contribution in [0.2, 0.25) is 0 Å². The Balaban J connectivity index is 1.54. The molecule has 0 spiro atoms. The second-order valence-corrected chi connectivity index (χ2v) is 6.64. The van der Waals surface area contributed by atoms with Crippen molar-refractivity contribution >= 4 is 28.4 Å². The fourth-order valence-corrected chi connectivity index (χ4v) is 3.24. The summed E-state index contributed by atoms with van der Waals surface area (Å²) in [6.45, 7) is 2.00. The van der Waals surface area contributed by atoms with Crippen molar-refractivity contribution in [2.75, 3.05) is 5.75 Å². The highest BCUT2D eigenvalue weighted by atomic mass is 32.2. The zero-order chi connectivity index (χ0) is 16.9. The molecule has 0 fully saturated rings. The largest absolute Gasteiger partial charge is 0.350 e. The number of hydrogen-bond donors (Lipinski definition) is 1. The Labute approximate surface area is 144 Å². The Hall–Kier alpha value is -2.41. The fraction of sp³-hybridized carbons (Fsp3) is 0.294. The molecule has 0 saturated heterocycles. The third kappa shape index (κ3) is 3.91. The minimum absolute atomic E-state index is 0.0244. The van der Waals surface area contributed by atoms with E-state index in [4.69, 9.17) is 0 Å². The lowest BCUT2D eigenvalue weighted by Gasteiger charge is -2.15. The second kappa shape index (κ2) is 7.44. The summed E-state index contributed by atoms with van der Waals surface area (Å²) in [4.78, 5) is 12.1. The summed E-state index contributed by atoms with van der Waals surface area (Å²) in [5.41, 5.74) is 1.10. The van der Waals surface area contributed by atoms with Crippen LogP contribution in [0.3, 0.4) is 0 Å². The molecule has 2 aromatic carbocycles. The first kappa shape index (κ1) is 16.4. The van der Waals surface area contributed by atoms with Crippen molar-refractivity contribution in [1.29, 1.82) is 0 Å². The van der Waals surface area contributed by atoms with Gasteiger partial charge in [-0.2, -0.15) is 0 Å². The monoisotopic (exact) mass is 341 g/mol. The zero-order valence-corrected chi connectivity index (χ0v) is 14.5. The Morgan fingerprint density at radius 1 is 1.25 bits per heavy atom. The molecule has 0 bridgehead atoms. The maximum Gasteiger partial charge on any atom is 0.221 e. The predicted molar refractivity (Wildman–Crippen MR) is 94.6 cm³/mol. The van der Waals surface area contributed by atoms with E-state index >= 15 is 0 Å². The van der Waals surface area contributed by atoms with Crippen LogP contribution in [0.5, 0.6) is 0 Å². The number of amides is 1. The highest BCUT2D eigenvalue weighted by molar-refractivity contribution is 7.99. The Morgan fingerprint density at radius 2 is 2.04 bits per heavy atom. The van der Waals surface area contributed by atoms with Crippen LogP contribution in [-0.2, 0) is 11.8 Å². The molecule has 0 aliphatic heterocycles. The van der Waals surface area contributed by atoms with Crippen LogP contribution in [0.1, 0.15) is 24.9 Å². The van der Waals surface area contributed by atoms with Gasteiger partial charge in [0.1, 0.15) is 0 Å². The molecule has 3 aromatic rings. The van der Waals surface area contributed by atoms with Crippen LogP contribution < -0.4 is 5.32 Å². The van der Waals surface area contributed by atoms with Gasteiger partial charge in [0.15, 0.2) is 0 Å². The molecular formula is C17H19N5OS. The number of aromatic nitrogens is 4. The Bertz CT molecular complexity index is 848. The molecule has 0 radical (unpaired) electrons. The van der Waals surface area contributed by atoms with Crippen LogP contribution in [0.4, 0.5) is 0 Å². The van der Waals surface area contributed by atoms with Gasteiger partial charge in [-0.25, -0.2) is 4.68 Å². The number of aryl methyl sites for hydroxylation is 1. The van der Waals surface area contributed by atoms with Crippen molar-refractivity contribution in [1.82, 2.24) is 25.5 Å². The van der Waals surface area contributed by atoms with Crippen molar-refractivity contribution in [3.05, 3.63) is 48.0 Å². The average molecular weight is 341 g/mol. The first-order chi connectivity index (χ1) is 11.6. The minimum atomic E-state index is -0.0244. The van der Waals surface area contributed by atoms with Crippen molar-refractivity contribution in [3.63, 3.8) is 0 Å². The number of fused-ring (bicyclic) bond motifs is 1. The van der Waals surface area contributed by atoms with Crippen LogP contribution in [0.25, 0.3) is 10.8 Å². The third-order valence-electron chi connectivity index (χ3n) is 3.79. The molecule has 1 amide bonds. The van der Waals surface area contributed by atoms with Crippen LogP contribution >= 0.6 is 11.8 Å². The maximum absolute atomic E-state index is 12.1. The fourth-order valence-electron chi connectivity index (χ4n) is 2.45. The van der Waals surface area contributed by atoms with E-state index in [0.717, 1.165) is 5.56 Å². The van der Waals surface area contributed by atoms with Gasteiger partial charge in [-0.3, -0.25) is 4.79 Å². The number of benzene rings is 2. The van der Waals surface area contributed by atoms with Gasteiger partial charge in [0, 0.05) is 19.2 Å². The van der Waals surface area contributed by atoms with Gasteiger partial charge < -0.3 is 5.32 Å². The molecule has 1 N–H and O–H groups in total.